The Bertz CT molecular complexity index is 1210. The van der Waals surface area contributed by atoms with Gasteiger partial charge in [-0.2, -0.15) is 0 Å². The number of aliphatic hydroxyl groups is 1. The topological polar surface area (TPSA) is 76.1 Å². The molecule has 1 aliphatic heterocycles. The average molecular weight is 461 g/mol. The summed E-state index contributed by atoms with van der Waals surface area (Å²) in [5.41, 5.74) is 0.803. The number of carbonyl (C=O) groups excluding carboxylic acids is 2. The van der Waals surface area contributed by atoms with Crippen LogP contribution in [0.2, 0.25) is 0 Å². The lowest BCUT2D eigenvalue weighted by molar-refractivity contribution is -0.140. The molecular weight excluding hydrogens is 437 g/mol. The van der Waals surface area contributed by atoms with Crippen molar-refractivity contribution in [3.63, 3.8) is 0 Å². The zero-order valence-corrected chi connectivity index (χ0v) is 18.6. The average Bonchev–Trinajstić information content (AvgIpc) is 3.10. The van der Waals surface area contributed by atoms with E-state index in [1.165, 1.54) is 29.2 Å². The summed E-state index contributed by atoms with van der Waals surface area (Å²) in [6.07, 6.45) is 0.511. The molecule has 1 amide bonds. The maximum atomic E-state index is 13.4. The summed E-state index contributed by atoms with van der Waals surface area (Å²) < 4.78 is 24.4. The number of para-hydroxylation sites is 1. The number of amides is 1. The van der Waals surface area contributed by atoms with Crippen LogP contribution in [0.1, 0.15) is 23.6 Å². The van der Waals surface area contributed by atoms with E-state index in [0.29, 0.717) is 30.1 Å². The van der Waals surface area contributed by atoms with Gasteiger partial charge in [0, 0.05) is 25.8 Å². The molecular formula is C27H24FNO5. The number of nitrogens with zero attached hydrogens (tertiary/aromatic N) is 1. The first-order valence-corrected chi connectivity index (χ1v) is 10.9. The Morgan fingerprint density at radius 1 is 0.971 bits per heavy atom. The van der Waals surface area contributed by atoms with Gasteiger partial charge in [-0.1, -0.05) is 30.3 Å². The van der Waals surface area contributed by atoms with Gasteiger partial charge in [0.25, 0.3) is 11.7 Å². The molecule has 1 fully saturated rings. The predicted octanol–water partition coefficient (Wildman–Crippen LogP) is 5.08. The normalized spacial score (nSPS) is 17.2. The maximum absolute atomic E-state index is 13.4. The second-order valence-corrected chi connectivity index (χ2v) is 7.83. The molecule has 0 saturated carbocycles. The molecule has 0 aromatic heterocycles. The molecule has 0 radical (unpaired) electrons. The van der Waals surface area contributed by atoms with Crippen LogP contribution in [0.25, 0.3) is 5.76 Å². The molecule has 0 bridgehead atoms. The molecule has 1 unspecified atom stereocenters. The summed E-state index contributed by atoms with van der Waals surface area (Å²) in [6.45, 7) is 0.665. The number of ketones is 1. The van der Waals surface area contributed by atoms with Gasteiger partial charge in [0.15, 0.2) is 0 Å². The molecule has 6 nitrogen and oxygen atoms in total. The minimum absolute atomic E-state index is 0.0501. The van der Waals surface area contributed by atoms with Gasteiger partial charge >= 0.3 is 0 Å². The number of ether oxygens (including phenoxy) is 2. The highest BCUT2D eigenvalue weighted by atomic mass is 19.1. The molecule has 4 rings (SSSR count). The molecule has 3 aromatic rings. The molecule has 34 heavy (non-hydrogen) atoms. The number of benzene rings is 3. The van der Waals surface area contributed by atoms with Crippen molar-refractivity contribution < 1.29 is 28.6 Å². The van der Waals surface area contributed by atoms with E-state index in [1.54, 1.807) is 31.4 Å². The van der Waals surface area contributed by atoms with Crippen LogP contribution in [0.3, 0.4) is 0 Å². The third kappa shape index (κ3) is 4.84. The molecule has 0 aliphatic carbocycles. The quantitative estimate of drug-likeness (QED) is 0.219. The smallest absolute Gasteiger partial charge is 0.295 e. The summed E-state index contributed by atoms with van der Waals surface area (Å²) in [6, 6.07) is 20.6. The van der Waals surface area contributed by atoms with E-state index in [0.717, 1.165) is 0 Å². The first-order valence-electron chi connectivity index (χ1n) is 10.9. The van der Waals surface area contributed by atoms with Crippen LogP contribution < -0.4 is 4.74 Å². The summed E-state index contributed by atoms with van der Waals surface area (Å²) in [4.78, 5) is 27.4. The summed E-state index contributed by atoms with van der Waals surface area (Å²) >= 11 is 0. The van der Waals surface area contributed by atoms with Crippen LogP contribution in [0, 0.1) is 5.82 Å². The zero-order valence-electron chi connectivity index (χ0n) is 18.6. The molecule has 174 valence electrons. The third-order valence-corrected chi connectivity index (χ3v) is 5.56. The monoisotopic (exact) mass is 461 g/mol. The lowest BCUT2D eigenvalue weighted by atomic mass is 9.95. The molecule has 7 heteroatoms. The molecule has 1 atom stereocenters. The zero-order chi connectivity index (χ0) is 24.1. The van der Waals surface area contributed by atoms with Crippen molar-refractivity contribution in [2.24, 2.45) is 0 Å². The van der Waals surface area contributed by atoms with Crippen molar-refractivity contribution in [1.29, 1.82) is 0 Å². The minimum Gasteiger partial charge on any atom is -0.507 e. The van der Waals surface area contributed by atoms with Crippen molar-refractivity contribution in [3.8, 4) is 11.5 Å². The minimum atomic E-state index is -0.832. The molecule has 3 aromatic carbocycles. The number of halogens is 1. The van der Waals surface area contributed by atoms with Crippen molar-refractivity contribution >= 4 is 17.4 Å². The first kappa shape index (κ1) is 23.2. The van der Waals surface area contributed by atoms with Gasteiger partial charge in [-0.15, -0.1) is 0 Å². The maximum Gasteiger partial charge on any atom is 0.295 e. The lowest BCUT2D eigenvalue weighted by Gasteiger charge is -2.25. The number of carbonyl (C=O) groups is 2. The number of rotatable bonds is 8. The van der Waals surface area contributed by atoms with E-state index in [-0.39, 0.29) is 23.4 Å². The van der Waals surface area contributed by atoms with Crippen LogP contribution >= 0.6 is 0 Å². The van der Waals surface area contributed by atoms with E-state index >= 15 is 0 Å². The fraction of sp³-hybridized carbons (Fsp3) is 0.185. The van der Waals surface area contributed by atoms with Gasteiger partial charge in [-0.25, -0.2) is 4.39 Å². The van der Waals surface area contributed by atoms with E-state index in [2.05, 4.69) is 0 Å². The van der Waals surface area contributed by atoms with Crippen LogP contribution in [-0.4, -0.2) is 42.0 Å². The van der Waals surface area contributed by atoms with Gasteiger partial charge in [0.05, 0.1) is 11.6 Å². The fourth-order valence-electron chi connectivity index (χ4n) is 3.97. The standard InChI is InChI=1S/C27H24FNO5/c1-33-16-6-15-29-24(19-7-5-10-22(17-19)34-21-8-3-2-4-9-21)23(26(31)27(29)32)25(30)18-11-13-20(28)14-12-18/h2-5,7-14,17,24,30H,6,15-16H2,1H3/b25-23+. The highest BCUT2D eigenvalue weighted by Gasteiger charge is 2.45. The lowest BCUT2D eigenvalue weighted by Crippen LogP contribution is -2.31. The number of methoxy groups -OCH3 is 1. The van der Waals surface area contributed by atoms with Crippen molar-refractivity contribution in [2.75, 3.05) is 20.3 Å². The van der Waals surface area contributed by atoms with Crippen LogP contribution in [0.4, 0.5) is 4.39 Å². The van der Waals surface area contributed by atoms with Crippen LogP contribution in [0.15, 0.2) is 84.4 Å². The molecule has 1 saturated heterocycles. The van der Waals surface area contributed by atoms with Gasteiger partial charge in [-0.05, 0) is 60.5 Å². The third-order valence-electron chi connectivity index (χ3n) is 5.56. The number of Topliss-reactive ketones (excluding diaryl/α,β-unsaturated/α-hetero) is 1. The first-order chi connectivity index (χ1) is 16.5. The number of aliphatic hydroxyl groups excluding tert-OH is 1. The second kappa shape index (κ2) is 10.3. The Labute approximate surface area is 196 Å². The van der Waals surface area contributed by atoms with Gasteiger partial charge in [0.1, 0.15) is 23.1 Å². The Morgan fingerprint density at radius 2 is 1.68 bits per heavy atom. The van der Waals surface area contributed by atoms with Gasteiger partial charge in [0.2, 0.25) is 0 Å². The fourth-order valence-corrected chi connectivity index (χ4v) is 3.97. The number of hydrogen-bond acceptors (Lipinski definition) is 5. The Kier molecular flexibility index (Phi) is 7.04. The molecule has 1 N–H and O–H groups in total. The Hall–Kier alpha value is -3.97. The Balaban J connectivity index is 1.78. The van der Waals surface area contributed by atoms with E-state index in [4.69, 9.17) is 9.47 Å². The summed E-state index contributed by atoms with van der Waals surface area (Å²) in [5.74, 6) is -1.17. The number of hydrogen-bond donors (Lipinski definition) is 1. The van der Waals surface area contributed by atoms with Gasteiger partial charge in [-0.3, -0.25) is 9.59 Å². The van der Waals surface area contributed by atoms with Crippen LogP contribution in [-0.2, 0) is 14.3 Å². The van der Waals surface area contributed by atoms with Gasteiger partial charge < -0.3 is 19.5 Å². The molecule has 0 spiro atoms. The highest BCUT2D eigenvalue weighted by molar-refractivity contribution is 6.46. The van der Waals surface area contributed by atoms with Crippen molar-refractivity contribution in [1.82, 2.24) is 4.90 Å². The predicted molar refractivity (Wildman–Crippen MR) is 125 cm³/mol. The molecule has 1 heterocycles. The van der Waals surface area contributed by atoms with Crippen molar-refractivity contribution in [2.45, 2.75) is 12.5 Å². The number of likely N-dealkylation sites (tertiary alicyclic amines) is 1. The second-order valence-electron chi connectivity index (χ2n) is 7.83. The van der Waals surface area contributed by atoms with Crippen LogP contribution in [0.5, 0.6) is 11.5 Å². The van der Waals surface area contributed by atoms with Crippen molar-refractivity contribution in [3.05, 3.63) is 101 Å². The Morgan fingerprint density at radius 3 is 2.38 bits per heavy atom. The van der Waals surface area contributed by atoms with E-state index < -0.39 is 23.5 Å². The summed E-state index contributed by atoms with van der Waals surface area (Å²) in [5, 5.41) is 11.0. The van der Waals surface area contributed by atoms with E-state index in [1.807, 2.05) is 30.3 Å². The summed E-state index contributed by atoms with van der Waals surface area (Å²) in [7, 11) is 1.56. The molecule has 1 aliphatic rings. The largest absolute Gasteiger partial charge is 0.507 e. The highest BCUT2D eigenvalue weighted by Crippen LogP contribution is 2.40. The SMILES string of the molecule is COCCCN1C(=O)C(=O)/C(=C(/O)c2ccc(F)cc2)C1c1cccc(Oc2ccccc2)c1. The van der Waals surface area contributed by atoms with E-state index in [9.17, 15) is 19.1 Å².